The average molecular weight is 258 g/mol. The minimum Gasteiger partial charge on any atom is -0.493 e. The monoisotopic (exact) mass is 258 g/mol. The quantitative estimate of drug-likeness (QED) is 0.896. The number of hydrogen-bond donors (Lipinski definition) is 1. The standard InChI is InChI=1S/C15H18N2O2/c1-17-14(13(19-2)10-16-17)15(18)9-5-7-11-6-3-4-8-12(11)15/h3-4,6,8,10,18H,5,7,9H2,1-2H3. The van der Waals surface area contributed by atoms with E-state index < -0.39 is 5.60 Å². The van der Waals surface area contributed by atoms with E-state index in [0.29, 0.717) is 12.2 Å². The number of methoxy groups -OCH3 is 1. The Labute approximate surface area is 112 Å². The van der Waals surface area contributed by atoms with Gasteiger partial charge >= 0.3 is 0 Å². The number of rotatable bonds is 2. The molecule has 0 aliphatic heterocycles. The third-order valence-electron chi connectivity index (χ3n) is 3.96. The molecule has 100 valence electrons. The Kier molecular flexibility index (Phi) is 2.82. The Bertz CT molecular complexity index is 606. The number of aryl methyl sites for hydroxylation is 2. The SMILES string of the molecule is COc1cnn(C)c1C1(O)CCCc2ccccc21. The Morgan fingerprint density at radius 1 is 1.37 bits per heavy atom. The van der Waals surface area contributed by atoms with Gasteiger partial charge in [0.15, 0.2) is 5.75 Å². The predicted octanol–water partition coefficient (Wildman–Crippen LogP) is 2.00. The fraction of sp³-hybridized carbons (Fsp3) is 0.400. The van der Waals surface area contributed by atoms with Crippen molar-refractivity contribution in [2.75, 3.05) is 7.11 Å². The highest BCUT2D eigenvalue weighted by molar-refractivity contribution is 5.45. The zero-order valence-electron chi connectivity index (χ0n) is 11.3. The predicted molar refractivity (Wildman–Crippen MR) is 72.1 cm³/mol. The summed E-state index contributed by atoms with van der Waals surface area (Å²) in [5.74, 6) is 0.640. The summed E-state index contributed by atoms with van der Waals surface area (Å²) in [7, 11) is 3.45. The summed E-state index contributed by atoms with van der Waals surface area (Å²) in [4.78, 5) is 0. The number of nitrogens with zero attached hydrogens (tertiary/aromatic N) is 2. The van der Waals surface area contributed by atoms with Gasteiger partial charge in [0, 0.05) is 7.05 Å². The van der Waals surface area contributed by atoms with Gasteiger partial charge in [0.2, 0.25) is 0 Å². The lowest BCUT2D eigenvalue weighted by Crippen LogP contribution is -2.34. The minimum absolute atomic E-state index is 0.640. The van der Waals surface area contributed by atoms with Crippen molar-refractivity contribution in [3.05, 3.63) is 47.3 Å². The molecule has 0 bridgehead atoms. The van der Waals surface area contributed by atoms with Crippen LogP contribution in [0.15, 0.2) is 30.5 Å². The Morgan fingerprint density at radius 2 is 2.16 bits per heavy atom. The molecule has 19 heavy (non-hydrogen) atoms. The van der Waals surface area contributed by atoms with Gasteiger partial charge in [-0.2, -0.15) is 5.10 Å². The summed E-state index contributed by atoms with van der Waals surface area (Å²) in [5, 5.41) is 15.4. The van der Waals surface area contributed by atoms with Gasteiger partial charge in [-0.05, 0) is 30.4 Å². The van der Waals surface area contributed by atoms with Gasteiger partial charge in [-0.1, -0.05) is 24.3 Å². The van der Waals surface area contributed by atoms with Crippen LogP contribution in [0.2, 0.25) is 0 Å². The molecule has 1 aliphatic carbocycles. The molecule has 1 atom stereocenters. The molecule has 0 spiro atoms. The lowest BCUT2D eigenvalue weighted by atomic mass is 9.77. The molecule has 0 radical (unpaired) electrons. The molecule has 0 amide bonds. The van der Waals surface area contributed by atoms with Gasteiger partial charge < -0.3 is 9.84 Å². The maximum atomic E-state index is 11.2. The van der Waals surface area contributed by atoms with Gasteiger partial charge in [-0.3, -0.25) is 4.68 Å². The van der Waals surface area contributed by atoms with Gasteiger partial charge in [-0.15, -0.1) is 0 Å². The highest BCUT2D eigenvalue weighted by atomic mass is 16.5. The Hall–Kier alpha value is -1.81. The first kappa shape index (κ1) is 12.2. The van der Waals surface area contributed by atoms with Crippen molar-refractivity contribution in [2.45, 2.75) is 24.9 Å². The van der Waals surface area contributed by atoms with E-state index in [9.17, 15) is 5.11 Å². The maximum absolute atomic E-state index is 11.2. The second kappa shape index (κ2) is 4.38. The number of aromatic nitrogens is 2. The van der Waals surface area contributed by atoms with Crippen molar-refractivity contribution in [1.82, 2.24) is 9.78 Å². The van der Waals surface area contributed by atoms with E-state index >= 15 is 0 Å². The van der Waals surface area contributed by atoms with E-state index in [1.807, 2.05) is 25.2 Å². The van der Waals surface area contributed by atoms with Crippen LogP contribution >= 0.6 is 0 Å². The van der Waals surface area contributed by atoms with E-state index in [-0.39, 0.29) is 0 Å². The molecule has 1 unspecified atom stereocenters. The molecule has 0 saturated carbocycles. The number of ether oxygens (including phenoxy) is 1. The van der Waals surface area contributed by atoms with Crippen LogP contribution in [0, 0.1) is 0 Å². The fourth-order valence-corrected chi connectivity index (χ4v) is 3.10. The third kappa shape index (κ3) is 1.75. The van der Waals surface area contributed by atoms with Crippen molar-refractivity contribution in [1.29, 1.82) is 0 Å². The molecule has 1 aliphatic rings. The first-order valence-electron chi connectivity index (χ1n) is 6.54. The molecular weight excluding hydrogens is 240 g/mol. The summed E-state index contributed by atoms with van der Waals surface area (Å²) in [6.45, 7) is 0. The van der Waals surface area contributed by atoms with Crippen molar-refractivity contribution in [2.24, 2.45) is 7.05 Å². The molecule has 1 aromatic carbocycles. The van der Waals surface area contributed by atoms with Crippen LogP contribution in [0.25, 0.3) is 0 Å². The summed E-state index contributed by atoms with van der Waals surface area (Å²) in [6.07, 6.45) is 4.32. The second-order valence-electron chi connectivity index (χ2n) is 5.06. The van der Waals surface area contributed by atoms with Crippen LogP contribution in [0.3, 0.4) is 0 Å². The van der Waals surface area contributed by atoms with Gasteiger partial charge in [0.05, 0.1) is 13.3 Å². The molecule has 1 N–H and O–H groups in total. The smallest absolute Gasteiger partial charge is 0.163 e. The van der Waals surface area contributed by atoms with Gasteiger partial charge in [0.25, 0.3) is 0 Å². The van der Waals surface area contributed by atoms with E-state index in [4.69, 9.17) is 4.74 Å². The van der Waals surface area contributed by atoms with Crippen LogP contribution < -0.4 is 4.74 Å². The van der Waals surface area contributed by atoms with Gasteiger partial charge in [-0.25, -0.2) is 0 Å². The zero-order valence-corrected chi connectivity index (χ0v) is 11.3. The van der Waals surface area contributed by atoms with E-state index in [1.54, 1.807) is 18.0 Å². The van der Waals surface area contributed by atoms with Crippen LogP contribution in [0.4, 0.5) is 0 Å². The summed E-state index contributed by atoms with van der Waals surface area (Å²) in [5.41, 5.74) is 1.91. The third-order valence-corrected chi connectivity index (χ3v) is 3.96. The normalized spacial score (nSPS) is 22.1. The lowest BCUT2D eigenvalue weighted by molar-refractivity contribution is 0.0506. The molecule has 1 heterocycles. The highest BCUT2D eigenvalue weighted by Gasteiger charge is 2.40. The minimum atomic E-state index is -1.01. The fourth-order valence-electron chi connectivity index (χ4n) is 3.10. The average Bonchev–Trinajstić information content (AvgIpc) is 2.81. The first-order valence-corrected chi connectivity index (χ1v) is 6.54. The van der Waals surface area contributed by atoms with Crippen LogP contribution in [-0.4, -0.2) is 22.0 Å². The zero-order chi connectivity index (χ0) is 13.5. The Morgan fingerprint density at radius 3 is 2.95 bits per heavy atom. The summed E-state index contributed by atoms with van der Waals surface area (Å²) < 4.78 is 7.07. The number of aliphatic hydroxyl groups is 1. The highest BCUT2D eigenvalue weighted by Crippen LogP contribution is 2.43. The first-order chi connectivity index (χ1) is 9.16. The van der Waals surface area contributed by atoms with Crippen molar-refractivity contribution < 1.29 is 9.84 Å². The van der Waals surface area contributed by atoms with E-state index in [2.05, 4.69) is 11.2 Å². The summed E-state index contributed by atoms with van der Waals surface area (Å²) >= 11 is 0. The van der Waals surface area contributed by atoms with Crippen LogP contribution in [-0.2, 0) is 19.1 Å². The number of hydrogen-bond acceptors (Lipinski definition) is 3. The van der Waals surface area contributed by atoms with E-state index in [0.717, 1.165) is 24.1 Å². The summed E-state index contributed by atoms with van der Waals surface area (Å²) in [6, 6.07) is 8.08. The number of benzene rings is 1. The van der Waals surface area contributed by atoms with Crippen LogP contribution in [0.5, 0.6) is 5.75 Å². The second-order valence-corrected chi connectivity index (χ2v) is 5.06. The molecule has 4 nitrogen and oxygen atoms in total. The molecule has 4 heteroatoms. The molecule has 1 aromatic heterocycles. The van der Waals surface area contributed by atoms with Crippen LogP contribution in [0.1, 0.15) is 29.7 Å². The molecule has 0 saturated heterocycles. The largest absolute Gasteiger partial charge is 0.493 e. The number of fused-ring (bicyclic) bond motifs is 1. The Balaban J connectivity index is 2.21. The van der Waals surface area contributed by atoms with Crippen molar-refractivity contribution >= 4 is 0 Å². The lowest BCUT2D eigenvalue weighted by Gasteiger charge is -2.34. The van der Waals surface area contributed by atoms with Gasteiger partial charge in [0.1, 0.15) is 11.3 Å². The van der Waals surface area contributed by atoms with Crippen molar-refractivity contribution in [3.8, 4) is 5.75 Å². The maximum Gasteiger partial charge on any atom is 0.163 e. The molecule has 2 aromatic rings. The molecular formula is C15H18N2O2. The molecule has 0 fully saturated rings. The topological polar surface area (TPSA) is 47.3 Å². The molecule has 3 rings (SSSR count). The van der Waals surface area contributed by atoms with Crippen molar-refractivity contribution in [3.63, 3.8) is 0 Å². The van der Waals surface area contributed by atoms with E-state index in [1.165, 1.54) is 5.56 Å².